The minimum atomic E-state index is -1.13. The first-order valence-electron chi connectivity index (χ1n) is 9.23. The molecule has 4 rings (SSSR count). The molecule has 0 unspecified atom stereocenters. The van der Waals surface area contributed by atoms with E-state index in [2.05, 4.69) is 0 Å². The van der Waals surface area contributed by atoms with Crippen molar-refractivity contribution in [2.24, 2.45) is 10.8 Å². The lowest BCUT2D eigenvalue weighted by molar-refractivity contribution is -0.238. The minimum absolute atomic E-state index is 0.0351. The first kappa shape index (κ1) is 18.9. The van der Waals surface area contributed by atoms with Gasteiger partial charge in [-0.3, -0.25) is 9.59 Å². The monoisotopic (exact) mass is 382 g/mol. The largest absolute Gasteiger partial charge is 0.465 e. The second-order valence-corrected chi connectivity index (χ2v) is 8.44. The van der Waals surface area contributed by atoms with E-state index in [1.807, 2.05) is 19.9 Å². The van der Waals surface area contributed by atoms with E-state index in [4.69, 9.17) is 18.9 Å². The Hall–Kier alpha value is -1.48. The molecular formula is C19H26O8. The molecule has 0 radical (unpaired) electrons. The number of rotatable bonds is 3. The van der Waals surface area contributed by atoms with Gasteiger partial charge >= 0.3 is 11.9 Å². The van der Waals surface area contributed by atoms with Gasteiger partial charge in [-0.25, -0.2) is 0 Å². The molecule has 4 aliphatic rings. The number of aliphatic hydroxyl groups excluding tert-OH is 2. The van der Waals surface area contributed by atoms with Crippen molar-refractivity contribution in [3.05, 3.63) is 11.6 Å². The molecule has 2 N–H and O–H groups in total. The lowest BCUT2D eigenvalue weighted by atomic mass is 9.51. The summed E-state index contributed by atoms with van der Waals surface area (Å²) in [5.41, 5.74) is -1.88. The van der Waals surface area contributed by atoms with E-state index in [1.54, 1.807) is 0 Å². The zero-order valence-corrected chi connectivity index (χ0v) is 15.9. The summed E-state index contributed by atoms with van der Waals surface area (Å²) in [7, 11) is 0. The summed E-state index contributed by atoms with van der Waals surface area (Å²) in [5, 5.41) is 21.7. The van der Waals surface area contributed by atoms with Gasteiger partial charge in [-0.15, -0.1) is 0 Å². The van der Waals surface area contributed by atoms with Crippen molar-refractivity contribution >= 4 is 11.9 Å². The third-order valence-electron chi connectivity index (χ3n) is 7.20. The van der Waals surface area contributed by atoms with Crippen LogP contribution in [0.5, 0.6) is 0 Å². The molecule has 0 aromatic rings. The summed E-state index contributed by atoms with van der Waals surface area (Å²) >= 11 is 0. The molecule has 1 saturated carbocycles. The number of hydrogen-bond donors (Lipinski definition) is 2. The molecule has 8 heteroatoms. The van der Waals surface area contributed by atoms with E-state index in [9.17, 15) is 19.8 Å². The number of ether oxygens (including phenoxy) is 4. The van der Waals surface area contributed by atoms with Gasteiger partial charge in [0.15, 0.2) is 0 Å². The van der Waals surface area contributed by atoms with Crippen molar-refractivity contribution < 1.29 is 38.7 Å². The van der Waals surface area contributed by atoms with E-state index in [1.165, 1.54) is 13.8 Å². The van der Waals surface area contributed by atoms with E-state index >= 15 is 0 Å². The fraction of sp³-hybridized carbons (Fsp3) is 0.789. The molecule has 2 bridgehead atoms. The van der Waals surface area contributed by atoms with E-state index < -0.39 is 58.9 Å². The third-order valence-corrected chi connectivity index (χ3v) is 7.20. The van der Waals surface area contributed by atoms with Crippen molar-refractivity contribution in [2.45, 2.75) is 70.2 Å². The summed E-state index contributed by atoms with van der Waals surface area (Å²) in [6.07, 6.45) is -1.81. The van der Waals surface area contributed by atoms with Crippen LogP contribution in [-0.4, -0.2) is 71.5 Å². The summed E-state index contributed by atoms with van der Waals surface area (Å²) in [5.74, 6) is -0.874. The van der Waals surface area contributed by atoms with Crippen molar-refractivity contribution in [2.75, 3.05) is 13.2 Å². The maximum atomic E-state index is 11.6. The van der Waals surface area contributed by atoms with Gasteiger partial charge in [-0.1, -0.05) is 13.0 Å². The zero-order chi connectivity index (χ0) is 19.8. The second kappa shape index (κ2) is 5.76. The standard InChI is InChI=1S/C19H26O8/c1-9-5-13-18(7-24-10(2)20,6-12(9)26-11(3)21)17(4)15(23)14(22)16(27-13)19(17)8-25-19/h5,12-16,22-23H,6-8H2,1-4H3/t12-,13+,14+,15+,16+,17+,18+,19+/m0/s1. The Bertz CT molecular complexity index is 712. The van der Waals surface area contributed by atoms with E-state index in [0.29, 0.717) is 13.0 Å². The molecule has 3 fully saturated rings. The van der Waals surface area contributed by atoms with Gasteiger partial charge in [-0.2, -0.15) is 0 Å². The van der Waals surface area contributed by atoms with Crippen LogP contribution in [0, 0.1) is 10.8 Å². The van der Waals surface area contributed by atoms with Gasteiger partial charge in [-0.05, 0) is 12.5 Å². The zero-order valence-electron chi connectivity index (χ0n) is 15.9. The first-order chi connectivity index (χ1) is 12.6. The average molecular weight is 382 g/mol. The smallest absolute Gasteiger partial charge is 0.303 e. The lowest BCUT2D eigenvalue weighted by Crippen LogP contribution is -2.67. The molecule has 0 aromatic carbocycles. The summed E-state index contributed by atoms with van der Waals surface area (Å²) in [6, 6.07) is 0. The number of carbonyl (C=O) groups excluding carboxylic acids is 2. The summed E-state index contributed by atoms with van der Waals surface area (Å²) < 4.78 is 22.9. The Morgan fingerprint density at radius 2 is 1.96 bits per heavy atom. The minimum Gasteiger partial charge on any atom is -0.465 e. The lowest BCUT2D eigenvalue weighted by Gasteiger charge is -2.58. The topological polar surface area (TPSA) is 115 Å². The third kappa shape index (κ3) is 2.24. The fourth-order valence-corrected chi connectivity index (χ4v) is 5.58. The molecule has 27 heavy (non-hydrogen) atoms. The highest BCUT2D eigenvalue weighted by molar-refractivity contribution is 5.67. The second-order valence-electron chi connectivity index (χ2n) is 8.44. The quantitative estimate of drug-likeness (QED) is 0.401. The Morgan fingerprint density at radius 3 is 2.52 bits per heavy atom. The summed E-state index contributed by atoms with van der Waals surface area (Å²) in [6.45, 7) is 6.67. The molecule has 2 aliphatic carbocycles. The van der Waals surface area contributed by atoms with Crippen LogP contribution >= 0.6 is 0 Å². The maximum Gasteiger partial charge on any atom is 0.303 e. The van der Waals surface area contributed by atoms with Crippen LogP contribution < -0.4 is 0 Å². The predicted octanol–water partition coefficient (Wildman–Crippen LogP) is 0.0957. The van der Waals surface area contributed by atoms with Crippen LogP contribution in [0.4, 0.5) is 0 Å². The van der Waals surface area contributed by atoms with Gasteiger partial charge < -0.3 is 29.2 Å². The number of esters is 2. The Balaban J connectivity index is 1.84. The molecular weight excluding hydrogens is 356 g/mol. The Morgan fingerprint density at radius 1 is 1.30 bits per heavy atom. The van der Waals surface area contributed by atoms with Crippen LogP contribution in [0.25, 0.3) is 0 Å². The maximum absolute atomic E-state index is 11.6. The fourth-order valence-electron chi connectivity index (χ4n) is 5.58. The SMILES string of the molecule is CC(=O)OC[C@]12C[C@H](OC(C)=O)C(C)=C[C@H]1O[C@@H]1[C@H](O)[C@@H](O)[C@@]2(C)[C@@]12CO2. The van der Waals surface area contributed by atoms with Crippen molar-refractivity contribution in [3.8, 4) is 0 Å². The molecule has 8 atom stereocenters. The molecule has 2 saturated heterocycles. The molecule has 2 heterocycles. The molecule has 0 amide bonds. The number of aliphatic hydroxyl groups is 2. The van der Waals surface area contributed by atoms with Crippen molar-refractivity contribution in [1.82, 2.24) is 0 Å². The van der Waals surface area contributed by atoms with Gasteiger partial charge in [0.05, 0.1) is 18.8 Å². The van der Waals surface area contributed by atoms with Crippen molar-refractivity contribution in [3.63, 3.8) is 0 Å². The first-order valence-corrected chi connectivity index (χ1v) is 9.23. The van der Waals surface area contributed by atoms with Gasteiger partial charge in [0, 0.05) is 31.1 Å². The van der Waals surface area contributed by atoms with Crippen molar-refractivity contribution in [1.29, 1.82) is 0 Å². The highest BCUT2D eigenvalue weighted by Gasteiger charge is 2.85. The van der Waals surface area contributed by atoms with E-state index in [-0.39, 0.29) is 6.61 Å². The highest BCUT2D eigenvalue weighted by Crippen LogP contribution is 2.71. The molecule has 1 spiro atoms. The number of fused-ring (bicyclic) bond motifs is 2. The van der Waals surface area contributed by atoms with Gasteiger partial charge in [0.2, 0.25) is 0 Å². The van der Waals surface area contributed by atoms with Crippen LogP contribution in [0.2, 0.25) is 0 Å². The molecule has 0 aromatic heterocycles. The predicted molar refractivity (Wildman–Crippen MR) is 90.5 cm³/mol. The van der Waals surface area contributed by atoms with Gasteiger partial charge in [0.25, 0.3) is 0 Å². The number of carbonyl (C=O) groups is 2. The molecule has 2 aliphatic heterocycles. The highest BCUT2D eigenvalue weighted by atomic mass is 16.6. The number of epoxide rings is 1. The van der Waals surface area contributed by atoms with E-state index in [0.717, 1.165) is 5.57 Å². The Labute approximate surface area is 157 Å². The van der Waals surface area contributed by atoms with Crippen LogP contribution in [0.3, 0.4) is 0 Å². The summed E-state index contributed by atoms with van der Waals surface area (Å²) in [4.78, 5) is 23.2. The van der Waals surface area contributed by atoms with Crippen LogP contribution in [-0.2, 0) is 28.5 Å². The molecule has 150 valence electrons. The normalized spacial score (nSPS) is 50.0. The average Bonchev–Trinajstić information content (AvgIpc) is 3.37. The van der Waals surface area contributed by atoms with Gasteiger partial charge in [0.1, 0.15) is 30.5 Å². The van der Waals surface area contributed by atoms with Crippen LogP contribution in [0.1, 0.15) is 34.1 Å². The molecule has 8 nitrogen and oxygen atoms in total. The Kier molecular flexibility index (Phi) is 4.03. The number of hydrogen-bond acceptors (Lipinski definition) is 8. The van der Waals surface area contributed by atoms with Crippen LogP contribution in [0.15, 0.2) is 11.6 Å².